The van der Waals surface area contributed by atoms with Gasteiger partial charge in [-0.2, -0.15) is 5.10 Å². The van der Waals surface area contributed by atoms with E-state index in [0.717, 1.165) is 22.8 Å². The second-order valence-electron chi connectivity index (χ2n) is 6.99. The number of rotatable bonds is 3. The van der Waals surface area contributed by atoms with Crippen LogP contribution in [-0.2, 0) is 6.54 Å². The molecular formula is C18H24Cl2N4. The highest BCUT2D eigenvalue weighted by Crippen LogP contribution is 2.39. The number of benzene rings is 1. The molecule has 0 radical (unpaired) electrons. The summed E-state index contributed by atoms with van der Waals surface area (Å²) < 4.78 is 0. The summed E-state index contributed by atoms with van der Waals surface area (Å²) >= 11 is 5.99. The fourth-order valence-electron chi connectivity index (χ4n) is 4.07. The summed E-state index contributed by atoms with van der Waals surface area (Å²) in [5.74, 6) is 0. The van der Waals surface area contributed by atoms with Crippen molar-refractivity contribution in [3.63, 3.8) is 0 Å². The topological polar surface area (TPSA) is 44.0 Å². The molecule has 2 fully saturated rings. The molecule has 1 spiro atoms. The monoisotopic (exact) mass is 366 g/mol. The highest BCUT2D eigenvalue weighted by molar-refractivity contribution is 6.30. The van der Waals surface area contributed by atoms with Crippen molar-refractivity contribution in [2.24, 2.45) is 5.41 Å². The van der Waals surface area contributed by atoms with Crippen molar-refractivity contribution < 1.29 is 0 Å². The van der Waals surface area contributed by atoms with Gasteiger partial charge >= 0.3 is 0 Å². The Balaban J connectivity index is 0.00000169. The van der Waals surface area contributed by atoms with Gasteiger partial charge < -0.3 is 5.32 Å². The summed E-state index contributed by atoms with van der Waals surface area (Å²) in [5, 5.41) is 11.7. The van der Waals surface area contributed by atoms with E-state index in [1.165, 1.54) is 51.0 Å². The summed E-state index contributed by atoms with van der Waals surface area (Å²) in [6.07, 6.45) is 5.94. The molecule has 2 aliphatic rings. The lowest BCUT2D eigenvalue weighted by Crippen LogP contribution is -2.38. The van der Waals surface area contributed by atoms with Crippen molar-refractivity contribution in [3.05, 3.63) is 41.0 Å². The van der Waals surface area contributed by atoms with Gasteiger partial charge in [0.15, 0.2) is 0 Å². The number of piperidine rings is 1. The molecule has 0 aliphatic carbocycles. The molecule has 2 aliphatic heterocycles. The second kappa shape index (κ2) is 7.44. The third kappa shape index (κ3) is 3.62. The van der Waals surface area contributed by atoms with E-state index in [4.69, 9.17) is 11.6 Å². The maximum atomic E-state index is 5.99. The fourth-order valence-corrected chi connectivity index (χ4v) is 4.19. The molecule has 0 bridgehead atoms. The van der Waals surface area contributed by atoms with Gasteiger partial charge in [-0.15, -0.1) is 12.4 Å². The summed E-state index contributed by atoms with van der Waals surface area (Å²) in [4.78, 5) is 2.59. The van der Waals surface area contributed by atoms with E-state index in [9.17, 15) is 0 Å². The number of nitrogens with one attached hydrogen (secondary N) is 2. The summed E-state index contributed by atoms with van der Waals surface area (Å²) in [7, 11) is 0. The first-order chi connectivity index (χ1) is 11.2. The lowest BCUT2D eigenvalue weighted by atomic mass is 9.78. The van der Waals surface area contributed by atoms with Crippen molar-refractivity contribution >= 4 is 24.0 Å². The average molecular weight is 367 g/mol. The van der Waals surface area contributed by atoms with Gasteiger partial charge in [0.25, 0.3) is 0 Å². The minimum absolute atomic E-state index is 0. The van der Waals surface area contributed by atoms with Gasteiger partial charge in [0.1, 0.15) is 0 Å². The summed E-state index contributed by atoms with van der Waals surface area (Å²) in [6.45, 7) is 5.75. The number of hydrogen-bond acceptors (Lipinski definition) is 3. The Hall–Kier alpha value is -1.07. The van der Waals surface area contributed by atoms with Crippen LogP contribution in [0.3, 0.4) is 0 Å². The van der Waals surface area contributed by atoms with Gasteiger partial charge in [-0.05, 0) is 62.0 Å². The zero-order chi connectivity index (χ0) is 15.7. The predicted octanol–water partition coefficient (Wildman–Crippen LogP) is 3.73. The average Bonchev–Trinajstić information content (AvgIpc) is 3.17. The van der Waals surface area contributed by atoms with Crippen molar-refractivity contribution in [1.82, 2.24) is 20.4 Å². The van der Waals surface area contributed by atoms with E-state index >= 15 is 0 Å². The number of aromatic nitrogens is 2. The van der Waals surface area contributed by atoms with Crippen LogP contribution in [0, 0.1) is 5.41 Å². The van der Waals surface area contributed by atoms with Crippen LogP contribution in [0.4, 0.5) is 0 Å². The lowest BCUT2D eigenvalue weighted by molar-refractivity contribution is 0.194. The van der Waals surface area contributed by atoms with Crippen LogP contribution in [0.5, 0.6) is 0 Å². The van der Waals surface area contributed by atoms with Gasteiger partial charge in [0, 0.05) is 23.7 Å². The number of likely N-dealkylation sites (tertiary alicyclic amines) is 1. The zero-order valence-corrected chi connectivity index (χ0v) is 15.3. The number of hydrogen-bond donors (Lipinski definition) is 2. The molecule has 2 N–H and O–H groups in total. The Morgan fingerprint density at radius 1 is 1.12 bits per heavy atom. The Morgan fingerprint density at radius 3 is 2.62 bits per heavy atom. The first-order valence-corrected chi connectivity index (χ1v) is 8.83. The summed E-state index contributed by atoms with van der Waals surface area (Å²) in [5.41, 5.74) is 4.10. The van der Waals surface area contributed by atoms with Gasteiger partial charge in [-0.25, -0.2) is 0 Å². The molecule has 1 aromatic heterocycles. The van der Waals surface area contributed by atoms with E-state index < -0.39 is 0 Å². The molecule has 0 atom stereocenters. The number of aromatic amines is 1. The van der Waals surface area contributed by atoms with E-state index in [0.29, 0.717) is 5.41 Å². The molecule has 0 unspecified atom stereocenters. The number of nitrogens with zero attached hydrogens (tertiary/aromatic N) is 2. The molecule has 1 aromatic carbocycles. The number of halogens is 2. The van der Waals surface area contributed by atoms with Crippen LogP contribution in [0.1, 0.15) is 24.8 Å². The van der Waals surface area contributed by atoms with Crippen molar-refractivity contribution in [3.8, 4) is 11.3 Å². The molecule has 3 heterocycles. The molecule has 4 nitrogen and oxygen atoms in total. The molecular weight excluding hydrogens is 343 g/mol. The smallest absolute Gasteiger partial charge is 0.0695 e. The Kier molecular flexibility index (Phi) is 5.50. The molecule has 130 valence electrons. The molecule has 0 saturated carbocycles. The molecule has 2 saturated heterocycles. The van der Waals surface area contributed by atoms with Crippen LogP contribution >= 0.6 is 24.0 Å². The van der Waals surface area contributed by atoms with Crippen LogP contribution in [0.25, 0.3) is 11.3 Å². The van der Waals surface area contributed by atoms with Crippen molar-refractivity contribution in [1.29, 1.82) is 0 Å². The summed E-state index contributed by atoms with van der Waals surface area (Å²) in [6, 6.07) is 7.97. The second-order valence-corrected chi connectivity index (χ2v) is 7.42. The Labute approximate surface area is 154 Å². The third-order valence-corrected chi connectivity index (χ3v) is 5.68. The van der Waals surface area contributed by atoms with Crippen LogP contribution in [0.15, 0.2) is 30.5 Å². The molecule has 2 aromatic rings. The number of H-pyrrole nitrogens is 1. The minimum atomic E-state index is 0. The molecule has 6 heteroatoms. The van der Waals surface area contributed by atoms with Crippen molar-refractivity contribution in [2.75, 3.05) is 26.2 Å². The predicted molar refractivity (Wildman–Crippen MR) is 101 cm³/mol. The quantitative estimate of drug-likeness (QED) is 0.869. The Morgan fingerprint density at radius 2 is 1.88 bits per heavy atom. The first kappa shape index (κ1) is 17.7. The highest BCUT2D eigenvalue weighted by Gasteiger charge is 2.38. The largest absolute Gasteiger partial charge is 0.317 e. The lowest BCUT2D eigenvalue weighted by Gasteiger charge is -2.33. The maximum absolute atomic E-state index is 5.99. The van der Waals surface area contributed by atoms with E-state index in [1.54, 1.807) is 0 Å². The normalized spacial score (nSPS) is 20.2. The zero-order valence-electron chi connectivity index (χ0n) is 13.7. The van der Waals surface area contributed by atoms with Crippen molar-refractivity contribution in [2.45, 2.75) is 25.8 Å². The molecule has 24 heavy (non-hydrogen) atoms. The van der Waals surface area contributed by atoms with E-state index in [2.05, 4.69) is 32.5 Å². The standard InChI is InChI=1S/C18H23ClN4.ClH/c19-16-3-1-14(2-4-16)17-15(11-21-22-17)12-23-10-7-18(13-23)5-8-20-9-6-18;/h1-4,11,20H,5-10,12-13H2,(H,21,22);1H. The van der Waals surface area contributed by atoms with Gasteiger partial charge in [-0.3, -0.25) is 10.00 Å². The SMILES string of the molecule is Cl.Clc1ccc(-c2[nH]ncc2CN2CCC3(CCNCC3)C2)cc1. The van der Waals surface area contributed by atoms with Gasteiger partial charge in [0.05, 0.1) is 11.9 Å². The Bertz CT molecular complexity index is 662. The van der Waals surface area contributed by atoms with Crippen LogP contribution in [0.2, 0.25) is 5.02 Å². The molecule has 4 rings (SSSR count). The van der Waals surface area contributed by atoms with Crippen LogP contribution < -0.4 is 5.32 Å². The van der Waals surface area contributed by atoms with Crippen LogP contribution in [-0.4, -0.2) is 41.3 Å². The minimum Gasteiger partial charge on any atom is -0.317 e. The highest BCUT2D eigenvalue weighted by atomic mass is 35.5. The maximum Gasteiger partial charge on any atom is 0.0695 e. The fraction of sp³-hybridized carbons (Fsp3) is 0.500. The third-order valence-electron chi connectivity index (χ3n) is 5.43. The molecule has 0 amide bonds. The van der Waals surface area contributed by atoms with E-state index in [1.807, 2.05) is 18.3 Å². The first-order valence-electron chi connectivity index (χ1n) is 8.45. The van der Waals surface area contributed by atoms with Gasteiger partial charge in [-0.1, -0.05) is 23.7 Å². The van der Waals surface area contributed by atoms with Gasteiger partial charge in [0.2, 0.25) is 0 Å². The van der Waals surface area contributed by atoms with E-state index in [-0.39, 0.29) is 12.4 Å².